The molecule has 204 valence electrons. The minimum Gasteiger partial charge on any atom is -0.394 e. The standard InChI is InChI=1S/C28H31ClN6O4/c1-2-19-4-3-5-23(31-19)24(16-36)33-25(37)15-35-14-18-7-6-17(12-21(18)27(35)38)26-22(29)13-30-28(34-26)32-20-8-10-39-11-9-20/h3-7,12-13,20,24,36H,2,8-11,14-16H2,1H3,(H,33,37)(H,30,32,34)/t24-/m1/s1. The van der Waals surface area contributed by atoms with Crippen LogP contribution < -0.4 is 10.6 Å². The van der Waals surface area contributed by atoms with Crippen molar-refractivity contribution < 1.29 is 19.4 Å². The number of nitrogens with one attached hydrogen (secondary N) is 2. The smallest absolute Gasteiger partial charge is 0.254 e. The molecule has 2 aliphatic rings. The minimum atomic E-state index is -0.653. The van der Waals surface area contributed by atoms with E-state index in [0.717, 1.165) is 30.5 Å². The van der Waals surface area contributed by atoms with E-state index in [-0.39, 0.29) is 31.0 Å². The van der Waals surface area contributed by atoms with Crippen LogP contribution in [0.25, 0.3) is 11.3 Å². The van der Waals surface area contributed by atoms with Gasteiger partial charge in [-0.15, -0.1) is 0 Å². The lowest BCUT2D eigenvalue weighted by atomic mass is 10.0. The number of aliphatic hydroxyl groups excluding tert-OH is 1. The highest BCUT2D eigenvalue weighted by Gasteiger charge is 2.30. The number of amides is 2. The molecule has 11 heteroatoms. The van der Waals surface area contributed by atoms with E-state index >= 15 is 0 Å². The lowest BCUT2D eigenvalue weighted by molar-refractivity contribution is -0.122. The summed E-state index contributed by atoms with van der Waals surface area (Å²) in [4.78, 5) is 41.0. The van der Waals surface area contributed by atoms with Crippen LogP contribution in [0, 0.1) is 0 Å². The molecule has 10 nitrogen and oxygen atoms in total. The Morgan fingerprint density at radius 2 is 2.05 bits per heavy atom. The maximum absolute atomic E-state index is 13.2. The second-order valence-electron chi connectivity index (χ2n) is 9.66. The van der Waals surface area contributed by atoms with Crippen LogP contribution in [0.2, 0.25) is 5.02 Å². The molecule has 3 aromatic rings. The number of hydrogen-bond acceptors (Lipinski definition) is 8. The third-order valence-electron chi connectivity index (χ3n) is 6.96. The van der Waals surface area contributed by atoms with Crippen molar-refractivity contribution in [3.8, 4) is 11.3 Å². The van der Waals surface area contributed by atoms with Crippen molar-refractivity contribution in [3.05, 3.63) is 70.1 Å². The highest BCUT2D eigenvalue weighted by Crippen LogP contribution is 2.31. The summed E-state index contributed by atoms with van der Waals surface area (Å²) in [6, 6.07) is 10.6. The van der Waals surface area contributed by atoms with E-state index in [1.807, 2.05) is 31.2 Å². The Balaban J connectivity index is 1.27. The number of carbonyl (C=O) groups is 2. The summed E-state index contributed by atoms with van der Waals surface area (Å²) in [5.41, 5.74) is 4.00. The first kappa shape index (κ1) is 27.0. The molecule has 1 saturated heterocycles. The van der Waals surface area contributed by atoms with E-state index < -0.39 is 6.04 Å². The number of aliphatic hydroxyl groups is 1. The van der Waals surface area contributed by atoms with E-state index in [1.165, 1.54) is 4.90 Å². The van der Waals surface area contributed by atoms with Gasteiger partial charge in [-0.05, 0) is 43.0 Å². The van der Waals surface area contributed by atoms with Gasteiger partial charge in [0.1, 0.15) is 6.54 Å². The summed E-state index contributed by atoms with van der Waals surface area (Å²) in [5, 5.41) is 16.4. The number of nitrogens with zero attached hydrogens (tertiary/aromatic N) is 4. The zero-order valence-electron chi connectivity index (χ0n) is 21.7. The maximum atomic E-state index is 13.2. The first-order valence-corrected chi connectivity index (χ1v) is 13.5. The molecule has 1 aromatic carbocycles. The molecule has 0 bridgehead atoms. The average molecular weight is 551 g/mol. The highest BCUT2D eigenvalue weighted by atomic mass is 35.5. The number of fused-ring (bicyclic) bond motifs is 1. The molecule has 0 spiro atoms. The molecule has 5 rings (SSSR count). The number of halogens is 1. The first-order valence-electron chi connectivity index (χ1n) is 13.1. The molecule has 2 amide bonds. The van der Waals surface area contributed by atoms with Gasteiger partial charge >= 0.3 is 0 Å². The molecule has 2 aromatic heterocycles. The molecule has 0 unspecified atom stereocenters. The van der Waals surface area contributed by atoms with Crippen LogP contribution in [0.5, 0.6) is 0 Å². The fourth-order valence-electron chi connectivity index (χ4n) is 4.82. The fourth-order valence-corrected chi connectivity index (χ4v) is 5.02. The molecular weight excluding hydrogens is 520 g/mol. The number of ether oxygens (including phenoxy) is 1. The summed E-state index contributed by atoms with van der Waals surface area (Å²) in [6.45, 7) is 3.26. The third-order valence-corrected chi connectivity index (χ3v) is 7.24. The van der Waals surface area contributed by atoms with Gasteiger partial charge < -0.3 is 25.4 Å². The number of anilines is 1. The van der Waals surface area contributed by atoms with Gasteiger partial charge in [0.15, 0.2) is 0 Å². The van der Waals surface area contributed by atoms with Crippen molar-refractivity contribution in [1.82, 2.24) is 25.2 Å². The summed E-state index contributed by atoms with van der Waals surface area (Å²) in [6.07, 6.45) is 4.05. The van der Waals surface area contributed by atoms with Crippen molar-refractivity contribution in [1.29, 1.82) is 0 Å². The second-order valence-corrected chi connectivity index (χ2v) is 10.1. The number of aryl methyl sites for hydroxylation is 1. The molecular formula is C28H31ClN6O4. The second kappa shape index (κ2) is 12.1. The highest BCUT2D eigenvalue weighted by molar-refractivity contribution is 6.33. The van der Waals surface area contributed by atoms with Crippen LogP contribution in [0.3, 0.4) is 0 Å². The Bertz CT molecular complexity index is 1360. The van der Waals surface area contributed by atoms with Crippen molar-refractivity contribution >= 4 is 29.4 Å². The zero-order valence-corrected chi connectivity index (χ0v) is 22.4. The number of rotatable bonds is 9. The monoisotopic (exact) mass is 550 g/mol. The normalized spacial score (nSPS) is 16.2. The van der Waals surface area contributed by atoms with Crippen molar-refractivity contribution in [3.63, 3.8) is 0 Å². The Morgan fingerprint density at radius 1 is 1.23 bits per heavy atom. The number of carbonyl (C=O) groups excluding carboxylic acids is 2. The van der Waals surface area contributed by atoms with Gasteiger partial charge in [0.05, 0.1) is 35.3 Å². The lowest BCUT2D eigenvalue weighted by Crippen LogP contribution is -2.40. The molecule has 3 N–H and O–H groups in total. The number of aromatic nitrogens is 3. The van der Waals surface area contributed by atoms with Gasteiger partial charge in [-0.1, -0.05) is 36.7 Å². The SMILES string of the molecule is CCc1cccc([C@@H](CO)NC(=O)CN2Cc3ccc(-c4nc(NC5CCOCC5)ncc4Cl)cc3C2=O)n1. The molecule has 4 heterocycles. The summed E-state index contributed by atoms with van der Waals surface area (Å²) in [7, 11) is 0. The zero-order chi connectivity index (χ0) is 27.4. The van der Waals surface area contributed by atoms with E-state index in [4.69, 9.17) is 16.3 Å². The molecule has 1 atom stereocenters. The molecule has 0 aliphatic carbocycles. The van der Waals surface area contributed by atoms with E-state index in [0.29, 0.717) is 53.2 Å². The summed E-state index contributed by atoms with van der Waals surface area (Å²) < 4.78 is 5.41. The van der Waals surface area contributed by atoms with Crippen molar-refractivity contribution in [2.45, 2.75) is 44.8 Å². The van der Waals surface area contributed by atoms with Crippen molar-refractivity contribution in [2.75, 3.05) is 31.7 Å². The predicted octanol–water partition coefficient (Wildman–Crippen LogP) is 3.15. The van der Waals surface area contributed by atoms with Gasteiger partial charge in [-0.2, -0.15) is 0 Å². The summed E-state index contributed by atoms with van der Waals surface area (Å²) >= 11 is 6.44. The number of pyridine rings is 1. The first-order chi connectivity index (χ1) is 18.9. The van der Waals surface area contributed by atoms with Gasteiger partial charge in [0.25, 0.3) is 5.91 Å². The average Bonchev–Trinajstić information content (AvgIpc) is 3.27. The molecule has 0 radical (unpaired) electrons. The lowest BCUT2D eigenvalue weighted by Gasteiger charge is -2.23. The molecule has 0 saturated carbocycles. The Hall–Kier alpha value is -3.60. The van der Waals surface area contributed by atoms with Crippen LogP contribution in [-0.2, 0) is 22.5 Å². The van der Waals surface area contributed by atoms with Gasteiger partial charge in [-0.3, -0.25) is 14.6 Å². The quantitative estimate of drug-likeness (QED) is 0.370. The molecule has 39 heavy (non-hydrogen) atoms. The van der Waals surface area contributed by atoms with Gasteiger partial charge in [-0.25, -0.2) is 9.97 Å². The minimum absolute atomic E-state index is 0.139. The van der Waals surface area contributed by atoms with E-state index in [1.54, 1.807) is 18.3 Å². The van der Waals surface area contributed by atoms with Crippen molar-refractivity contribution in [2.24, 2.45) is 0 Å². The topological polar surface area (TPSA) is 130 Å². The van der Waals surface area contributed by atoms with Crippen LogP contribution >= 0.6 is 11.6 Å². The van der Waals surface area contributed by atoms with Crippen LogP contribution in [0.4, 0.5) is 5.95 Å². The maximum Gasteiger partial charge on any atom is 0.254 e. The third kappa shape index (κ3) is 6.19. The van der Waals surface area contributed by atoms with E-state index in [9.17, 15) is 14.7 Å². The van der Waals surface area contributed by atoms with E-state index in [2.05, 4.69) is 25.6 Å². The Kier molecular flexibility index (Phi) is 8.35. The molecule has 2 aliphatic heterocycles. The number of hydrogen-bond donors (Lipinski definition) is 3. The Labute approximate surface area is 231 Å². The van der Waals surface area contributed by atoms with Crippen LogP contribution in [0.15, 0.2) is 42.6 Å². The summed E-state index contributed by atoms with van der Waals surface area (Å²) in [5.74, 6) is -0.148. The Morgan fingerprint density at radius 3 is 2.82 bits per heavy atom. The predicted molar refractivity (Wildman–Crippen MR) is 146 cm³/mol. The number of benzene rings is 1. The van der Waals surface area contributed by atoms with Gasteiger partial charge in [0.2, 0.25) is 11.9 Å². The van der Waals surface area contributed by atoms with Crippen LogP contribution in [0.1, 0.15) is 53.1 Å². The fraction of sp³-hybridized carbons (Fsp3) is 0.393. The van der Waals surface area contributed by atoms with Gasteiger partial charge in [0, 0.05) is 42.6 Å². The van der Waals surface area contributed by atoms with Crippen LogP contribution in [-0.4, -0.2) is 69.2 Å². The molecule has 1 fully saturated rings. The largest absolute Gasteiger partial charge is 0.394 e.